The van der Waals surface area contributed by atoms with E-state index in [1.165, 1.54) is 22.3 Å². The molecule has 0 atom stereocenters. The number of anilines is 1. The van der Waals surface area contributed by atoms with Crippen LogP contribution in [-0.4, -0.2) is 0 Å². The van der Waals surface area contributed by atoms with Crippen molar-refractivity contribution in [3.05, 3.63) is 108 Å². The normalized spacial score (nSPS) is 12.3. The Morgan fingerprint density at radius 2 is 1.55 bits per heavy atom. The zero-order valence-corrected chi connectivity index (χ0v) is 17.0. The molecule has 0 heterocycles. The van der Waals surface area contributed by atoms with Crippen LogP contribution in [0.5, 0.6) is 0 Å². The van der Waals surface area contributed by atoms with Gasteiger partial charge in [0.2, 0.25) is 0 Å². The van der Waals surface area contributed by atoms with Crippen molar-refractivity contribution < 1.29 is 0 Å². The molecule has 146 valence electrons. The summed E-state index contributed by atoms with van der Waals surface area (Å²) < 4.78 is 0. The summed E-state index contributed by atoms with van der Waals surface area (Å²) in [7, 11) is 0. The second-order valence-corrected chi connectivity index (χ2v) is 7.85. The second kappa shape index (κ2) is 8.10. The number of allylic oxidation sites excluding steroid dienone is 2. The van der Waals surface area contributed by atoms with Gasteiger partial charge in [-0.15, -0.1) is 0 Å². The Hall–Kier alpha value is -3.10. The average Bonchev–Trinajstić information content (AvgIpc) is 3.06. The average molecular weight is 381 g/mol. The van der Waals surface area contributed by atoms with E-state index in [2.05, 4.69) is 85.2 Å². The maximum atomic E-state index is 5.94. The summed E-state index contributed by atoms with van der Waals surface area (Å²) in [6.07, 6.45) is 1.92. The van der Waals surface area contributed by atoms with Crippen molar-refractivity contribution in [2.24, 2.45) is 5.73 Å². The number of hydrogen-bond donors (Lipinski definition) is 2. The summed E-state index contributed by atoms with van der Waals surface area (Å²) in [6.45, 7) is 10.9. The first-order valence-electron chi connectivity index (χ1n) is 10.2. The lowest BCUT2D eigenvalue weighted by molar-refractivity contribution is 0.727. The van der Waals surface area contributed by atoms with Crippen molar-refractivity contribution in [3.8, 4) is 11.1 Å². The molecule has 3 aromatic carbocycles. The van der Waals surface area contributed by atoms with E-state index in [0.717, 1.165) is 40.9 Å². The van der Waals surface area contributed by atoms with Gasteiger partial charge in [0.25, 0.3) is 0 Å². The summed E-state index contributed by atoms with van der Waals surface area (Å²) in [5.41, 5.74) is 16.8. The van der Waals surface area contributed by atoms with E-state index < -0.39 is 0 Å². The Kier molecular flexibility index (Phi) is 5.37. The quantitative estimate of drug-likeness (QED) is 0.479. The van der Waals surface area contributed by atoms with Gasteiger partial charge in [-0.2, -0.15) is 0 Å². The minimum Gasteiger partial charge on any atom is -0.359 e. The number of rotatable bonds is 7. The summed E-state index contributed by atoms with van der Waals surface area (Å²) >= 11 is 0. The highest BCUT2D eigenvalue weighted by molar-refractivity contribution is 5.78. The zero-order chi connectivity index (χ0) is 20.4. The van der Waals surface area contributed by atoms with E-state index in [4.69, 9.17) is 5.73 Å². The fraction of sp³-hybridized carbons (Fsp3) is 0.185. The largest absolute Gasteiger partial charge is 0.359 e. The minimum absolute atomic E-state index is 0.414. The highest BCUT2D eigenvalue weighted by Crippen LogP contribution is 2.46. The molecular formula is C27H28N2. The molecule has 0 aliphatic heterocycles. The molecule has 1 aliphatic carbocycles. The Labute approximate surface area is 173 Å². The number of fused-ring (bicyclic) bond motifs is 3. The van der Waals surface area contributed by atoms with E-state index in [1.54, 1.807) is 0 Å². The number of benzene rings is 3. The van der Waals surface area contributed by atoms with E-state index in [-0.39, 0.29) is 0 Å². The van der Waals surface area contributed by atoms with Gasteiger partial charge in [0.15, 0.2) is 0 Å². The first kappa shape index (κ1) is 19.2. The summed E-state index contributed by atoms with van der Waals surface area (Å²) in [4.78, 5) is 0. The van der Waals surface area contributed by atoms with Gasteiger partial charge in [-0.25, -0.2) is 0 Å². The maximum Gasteiger partial charge on any atom is 0.0433 e. The SMILES string of the molecule is C=C(CCC1c2ccccc2-c2ccccc21)Nc1cc(C(=C)C)ccc1CN. The van der Waals surface area contributed by atoms with Crippen LogP contribution in [0.1, 0.15) is 47.9 Å². The first-order chi connectivity index (χ1) is 14.1. The standard InChI is InChI=1S/C27H28N2/c1-18(2)20-13-14-21(17-28)27(16-20)29-19(3)12-15-26-24-10-6-4-8-22(24)23-9-5-7-11-25(23)26/h4-11,13-14,16,26,29H,1,3,12,15,17,28H2,2H3. The third-order valence-electron chi connectivity index (χ3n) is 5.83. The Morgan fingerprint density at radius 1 is 0.931 bits per heavy atom. The van der Waals surface area contributed by atoms with Crippen LogP contribution in [0, 0.1) is 0 Å². The molecule has 0 aromatic heterocycles. The monoisotopic (exact) mass is 380 g/mol. The van der Waals surface area contributed by atoms with E-state index in [0.29, 0.717) is 12.5 Å². The van der Waals surface area contributed by atoms with Crippen molar-refractivity contribution in [3.63, 3.8) is 0 Å². The molecule has 2 nitrogen and oxygen atoms in total. The molecule has 3 aromatic rings. The predicted octanol–water partition coefficient (Wildman–Crippen LogP) is 6.70. The molecular weight excluding hydrogens is 352 g/mol. The molecule has 1 aliphatic rings. The number of nitrogens with two attached hydrogens (primary N) is 1. The topological polar surface area (TPSA) is 38.0 Å². The molecule has 3 N–H and O–H groups in total. The van der Waals surface area contributed by atoms with Crippen molar-refractivity contribution in [1.29, 1.82) is 0 Å². The third kappa shape index (κ3) is 3.76. The van der Waals surface area contributed by atoms with Gasteiger partial charge in [0, 0.05) is 23.8 Å². The second-order valence-electron chi connectivity index (χ2n) is 7.85. The Balaban J connectivity index is 1.51. The highest BCUT2D eigenvalue weighted by Gasteiger charge is 2.27. The van der Waals surface area contributed by atoms with Gasteiger partial charge in [0.05, 0.1) is 0 Å². The van der Waals surface area contributed by atoms with E-state index >= 15 is 0 Å². The number of nitrogens with one attached hydrogen (secondary N) is 1. The van der Waals surface area contributed by atoms with Crippen LogP contribution in [-0.2, 0) is 6.54 Å². The molecule has 0 radical (unpaired) electrons. The lowest BCUT2D eigenvalue weighted by Gasteiger charge is -2.18. The molecule has 4 rings (SSSR count). The molecule has 0 saturated carbocycles. The fourth-order valence-electron chi connectivity index (χ4n) is 4.28. The molecule has 29 heavy (non-hydrogen) atoms. The third-order valence-corrected chi connectivity index (χ3v) is 5.83. The van der Waals surface area contributed by atoms with Gasteiger partial charge >= 0.3 is 0 Å². The molecule has 0 unspecified atom stereocenters. The first-order valence-corrected chi connectivity index (χ1v) is 10.2. The molecule has 0 saturated heterocycles. The lowest BCUT2D eigenvalue weighted by Crippen LogP contribution is -2.07. The molecule has 0 amide bonds. The van der Waals surface area contributed by atoms with E-state index in [9.17, 15) is 0 Å². The van der Waals surface area contributed by atoms with Gasteiger partial charge in [-0.05, 0) is 59.2 Å². The van der Waals surface area contributed by atoms with Crippen molar-refractivity contribution in [1.82, 2.24) is 0 Å². The van der Waals surface area contributed by atoms with Crippen molar-refractivity contribution in [2.45, 2.75) is 32.2 Å². The zero-order valence-electron chi connectivity index (χ0n) is 17.0. The molecule has 0 fully saturated rings. The Morgan fingerprint density at radius 3 is 2.14 bits per heavy atom. The van der Waals surface area contributed by atoms with Crippen LogP contribution in [0.3, 0.4) is 0 Å². The van der Waals surface area contributed by atoms with Gasteiger partial charge < -0.3 is 11.1 Å². The number of hydrogen-bond acceptors (Lipinski definition) is 2. The van der Waals surface area contributed by atoms with Crippen LogP contribution in [0.2, 0.25) is 0 Å². The minimum atomic E-state index is 0.414. The Bertz CT molecular complexity index is 1030. The highest BCUT2D eigenvalue weighted by atomic mass is 14.9. The van der Waals surface area contributed by atoms with E-state index in [1.807, 2.05) is 6.92 Å². The van der Waals surface area contributed by atoms with Crippen molar-refractivity contribution in [2.75, 3.05) is 5.32 Å². The van der Waals surface area contributed by atoms with Gasteiger partial charge in [-0.1, -0.05) is 79.4 Å². The fourth-order valence-corrected chi connectivity index (χ4v) is 4.28. The molecule has 0 spiro atoms. The predicted molar refractivity (Wildman–Crippen MR) is 125 cm³/mol. The van der Waals surface area contributed by atoms with Gasteiger partial charge in [0.1, 0.15) is 0 Å². The van der Waals surface area contributed by atoms with Crippen LogP contribution in [0.4, 0.5) is 5.69 Å². The van der Waals surface area contributed by atoms with Gasteiger partial charge in [-0.3, -0.25) is 0 Å². The molecule has 2 heteroatoms. The summed E-state index contributed by atoms with van der Waals surface area (Å²) in [5, 5.41) is 3.51. The van der Waals surface area contributed by atoms with Crippen LogP contribution >= 0.6 is 0 Å². The summed E-state index contributed by atoms with van der Waals surface area (Å²) in [6, 6.07) is 23.8. The van der Waals surface area contributed by atoms with Crippen LogP contribution in [0.15, 0.2) is 85.6 Å². The van der Waals surface area contributed by atoms with Crippen LogP contribution < -0.4 is 11.1 Å². The molecule has 0 bridgehead atoms. The summed E-state index contributed by atoms with van der Waals surface area (Å²) in [5.74, 6) is 0.414. The lowest BCUT2D eigenvalue weighted by atomic mass is 9.91. The van der Waals surface area contributed by atoms with Crippen molar-refractivity contribution >= 4 is 11.3 Å². The smallest absolute Gasteiger partial charge is 0.0433 e. The van der Waals surface area contributed by atoms with Crippen LogP contribution in [0.25, 0.3) is 16.7 Å². The maximum absolute atomic E-state index is 5.94.